The van der Waals surface area contributed by atoms with Crippen molar-refractivity contribution < 1.29 is 9.13 Å². The zero-order valence-electron chi connectivity index (χ0n) is 7.12. The molecule has 1 aromatic carbocycles. The van der Waals surface area contributed by atoms with Gasteiger partial charge in [-0.25, -0.2) is 9.38 Å². The molecule has 0 aliphatic heterocycles. The maximum absolute atomic E-state index is 13.0. The number of ether oxygens (including phenoxy) is 1. The third kappa shape index (κ3) is 2.33. The molecule has 70 valence electrons. The predicted octanol–water partition coefficient (Wildman–Crippen LogP) is 0.739. The summed E-state index contributed by atoms with van der Waals surface area (Å²) in [4.78, 5) is 3.67. The molecule has 0 atom stereocenters. The molecule has 5 heteroatoms. The van der Waals surface area contributed by atoms with Gasteiger partial charge < -0.3 is 16.2 Å². The summed E-state index contributed by atoms with van der Waals surface area (Å²) >= 11 is 0. The van der Waals surface area contributed by atoms with Gasteiger partial charge in [0.1, 0.15) is 0 Å². The highest BCUT2D eigenvalue weighted by Gasteiger charge is 2.02. The molecule has 0 aromatic heterocycles. The summed E-state index contributed by atoms with van der Waals surface area (Å²) in [6, 6.07) is 4.21. The van der Waals surface area contributed by atoms with Crippen molar-refractivity contribution >= 4 is 11.6 Å². The van der Waals surface area contributed by atoms with E-state index >= 15 is 0 Å². The quantitative estimate of drug-likeness (QED) is 0.524. The second kappa shape index (κ2) is 3.75. The highest BCUT2D eigenvalue weighted by Crippen LogP contribution is 2.22. The summed E-state index contributed by atoms with van der Waals surface area (Å²) in [5, 5.41) is 0. The summed E-state index contributed by atoms with van der Waals surface area (Å²) in [5.41, 5.74) is 10.6. The van der Waals surface area contributed by atoms with E-state index in [0.717, 1.165) is 0 Å². The van der Waals surface area contributed by atoms with Crippen LogP contribution in [0, 0.1) is 5.82 Å². The van der Waals surface area contributed by atoms with E-state index < -0.39 is 5.82 Å². The predicted molar refractivity (Wildman–Crippen MR) is 48.4 cm³/mol. The monoisotopic (exact) mass is 183 g/mol. The minimum atomic E-state index is -0.495. The van der Waals surface area contributed by atoms with Gasteiger partial charge in [0.05, 0.1) is 12.8 Å². The topological polar surface area (TPSA) is 73.6 Å². The largest absolute Gasteiger partial charge is 0.494 e. The molecular weight excluding hydrogens is 173 g/mol. The second-order valence-electron chi connectivity index (χ2n) is 2.36. The SMILES string of the molecule is COc1ccc(N=C(N)N)cc1F. The molecule has 0 aliphatic carbocycles. The maximum Gasteiger partial charge on any atom is 0.191 e. The van der Waals surface area contributed by atoms with Crippen LogP contribution < -0.4 is 16.2 Å². The first kappa shape index (κ1) is 9.31. The van der Waals surface area contributed by atoms with E-state index in [1.807, 2.05) is 0 Å². The molecule has 0 fully saturated rings. The van der Waals surface area contributed by atoms with Gasteiger partial charge in [0.2, 0.25) is 0 Å². The normalized spacial score (nSPS) is 9.38. The molecule has 0 aliphatic rings. The van der Waals surface area contributed by atoms with Crippen LogP contribution in [0.25, 0.3) is 0 Å². The Hall–Kier alpha value is -1.78. The van der Waals surface area contributed by atoms with E-state index in [4.69, 9.17) is 16.2 Å². The van der Waals surface area contributed by atoms with Crippen LogP contribution in [-0.4, -0.2) is 13.1 Å². The van der Waals surface area contributed by atoms with Crippen molar-refractivity contribution in [2.24, 2.45) is 16.5 Å². The number of halogens is 1. The van der Waals surface area contributed by atoms with Crippen LogP contribution in [-0.2, 0) is 0 Å². The average Bonchev–Trinajstić information content (AvgIpc) is 2.03. The Morgan fingerprint density at radius 3 is 2.62 bits per heavy atom. The molecule has 0 saturated heterocycles. The third-order valence-electron chi connectivity index (χ3n) is 1.39. The fourth-order valence-corrected chi connectivity index (χ4v) is 0.874. The highest BCUT2D eigenvalue weighted by molar-refractivity contribution is 5.79. The fourth-order valence-electron chi connectivity index (χ4n) is 0.874. The van der Waals surface area contributed by atoms with E-state index in [1.54, 1.807) is 6.07 Å². The maximum atomic E-state index is 13.0. The number of rotatable bonds is 2. The minimum absolute atomic E-state index is 0.107. The Balaban J connectivity index is 3.03. The van der Waals surface area contributed by atoms with Gasteiger partial charge in [-0.1, -0.05) is 0 Å². The molecule has 0 heterocycles. The lowest BCUT2D eigenvalue weighted by atomic mass is 10.3. The summed E-state index contributed by atoms with van der Waals surface area (Å²) in [5.74, 6) is -0.441. The van der Waals surface area contributed by atoms with Crippen LogP contribution in [0.1, 0.15) is 0 Å². The smallest absolute Gasteiger partial charge is 0.191 e. The fraction of sp³-hybridized carbons (Fsp3) is 0.125. The number of nitrogens with zero attached hydrogens (tertiary/aromatic N) is 1. The van der Waals surface area contributed by atoms with E-state index in [9.17, 15) is 4.39 Å². The van der Waals surface area contributed by atoms with Gasteiger partial charge in [-0.3, -0.25) is 0 Å². The van der Waals surface area contributed by atoms with Gasteiger partial charge in [0.15, 0.2) is 17.5 Å². The average molecular weight is 183 g/mol. The Bertz CT molecular complexity index is 334. The molecule has 1 aromatic rings. The van der Waals surface area contributed by atoms with E-state index in [-0.39, 0.29) is 11.7 Å². The molecule has 0 bridgehead atoms. The van der Waals surface area contributed by atoms with Crippen molar-refractivity contribution in [3.63, 3.8) is 0 Å². The van der Waals surface area contributed by atoms with Crippen molar-refractivity contribution in [1.29, 1.82) is 0 Å². The van der Waals surface area contributed by atoms with Crippen molar-refractivity contribution in [3.05, 3.63) is 24.0 Å². The number of aliphatic imine (C=N–C) groups is 1. The first-order valence-corrected chi connectivity index (χ1v) is 3.56. The lowest BCUT2D eigenvalue weighted by Crippen LogP contribution is -2.21. The Kier molecular flexibility index (Phi) is 2.69. The van der Waals surface area contributed by atoms with Crippen molar-refractivity contribution in [3.8, 4) is 5.75 Å². The lowest BCUT2D eigenvalue weighted by molar-refractivity contribution is 0.386. The zero-order valence-corrected chi connectivity index (χ0v) is 7.12. The molecule has 0 saturated carbocycles. The summed E-state index contributed by atoms with van der Waals surface area (Å²) in [6.07, 6.45) is 0. The second-order valence-corrected chi connectivity index (χ2v) is 2.36. The highest BCUT2D eigenvalue weighted by atomic mass is 19.1. The van der Waals surface area contributed by atoms with E-state index in [0.29, 0.717) is 5.69 Å². The Morgan fingerprint density at radius 1 is 1.46 bits per heavy atom. The number of hydrogen-bond donors (Lipinski definition) is 2. The number of hydrogen-bond acceptors (Lipinski definition) is 2. The Morgan fingerprint density at radius 2 is 2.15 bits per heavy atom. The molecule has 13 heavy (non-hydrogen) atoms. The van der Waals surface area contributed by atoms with E-state index in [1.165, 1.54) is 19.2 Å². The molecule has 0 unspecified atom stereocenters. The van der Waals surface area contributed by atoms with Crippen LogP contribution in [0.2, 0.25) is 0 Å². The lowest BCUT2D eigenvalue weighted by Gasteiger charge is -2.01. The van der Waals surface area contributed by atoms with Crippen molar-refractivity contribution in [1.82, 2.24) is 0 Å². The van der Waals surface area contributed by atoms with Crippen LogP contribution in [0.3, 0.4) is 0 Å². The summed E-state index contributed by atoms with van der Waals surface area (Å²) < 4.78 is 17.7. The third-order valence-corrected chi connectivity index (χ3v) is 1.39. The van der Waals surface area contributed by atoms with Gasteiger partial charge >= 0.3 is 0 Å². The van der Waals surface area contributed by atoms with Gasteiger partial charge in [0, 0.05) is 6.07 Å². The van der Waals surface area contributed by atoms with E-state index in [2.05, 4.69) is 4.99 Å². The molecule has 0 amide bonds. The van der Waals surface area contributed by atoms with Gasteiger partial charge in [-0.05, 0) is 12.1 Å². The van der Waals surface area contributed by atoms with Crippen molar-refractivity contribution in [2.75, 3.05) is 7.11 Å². The summed E-state index contributed by atoms with van der Waals surface area (Å²) in [6.45, 7) is 0. The molecule has 4 N–H and O–H groups in total. The van der Waals surface area contributed by atoms with Crippen LogP contribution in [0.5, 0.6) is 5.75 Å². The number of methoxy groups -OCH3 is 1. The van der Waals surface area contributed by atoms with Crippen LogP contribution >= 0.6 is 0 Å². The number of benzene rings is 1. The molecule has 0 radical (unpaired) electrons. The number of guanidine groups is 1. The molecule has 1 rings (SSSR count). The summed E-state index contributed by atoms with van der Waals surface area (Å²) in [7, 11) is 1.39. The minimum Gasteiger partial charge on any atom is -0.494 e. The van der Waals surface area contributed by atoms with Crippen molar-refractivity contribution in [2.45, 2.75) is 0 Å². The number of nitrogens with two attached hydrogens (primary N) is 2. The zero-order chi connectivity index (χ0) is 9.84. The first-order valence-electron chi connectivity index (χ1n) is 3.56. The first-order chi connectivity index (χ1) is 6.13. The molecule has 4 nitrogen and oxygen atoms in total. The van der Waals surface area contributed by atoms with Gasteiger partial charge in [-0.15, -0.1) is 0 Å². The standard InChI is InChI=1S/C8H10FN3O/c1-13-7-3-2-5(4-6(7)9)12-8(10)11/h2-4H,1H3,(H4,10,11,12). The van der Waals surface area contributed by atoms with Crippen LogP contribution in [0.4, 0.5) is 10.1 Å². The molecular formula is C8H10FN3O. The van der Waals surface area contributed by atoms with Gasteiger partial charge in [0.25, 0.3) is 0 Å². The molecule has 0 spiro atoms. The van der Waals surface area contributed by atoms with Gasteiger partial charge in [-0.2, -0.15) is 0 Å². The van der Waals surface area contributed by atoms with Crippen LogP contribution in [0.15, 0.2) is 23.2 Å². The Labute approximate surface area is 75.0 Å².